The quantitative estimate of drug-likeness (QED) is 0.827. The second kappa shape index (κ2) is 7.83. The van der Waals surface area contributed by atoms with Crippen molar-refractivity contribution >= 4 is 23.4 Å². The van der Waals surface area contributed by atoms with Gasteiger partial charge in [0, 0.05) is 42.9 Å². The van der Waals surface area contributed by atoms with Gasteiger partial charge in [0.15, 0.2) is 0 Å². The summed E-state index contributed by atoms with van der Waals surface area (Å²) in [5, 5.41) is 0.671. The Labute approximate surface area is 155 Å². The van der Waals surface area contributed by atoms with E-state index in [0.717, 1.165) is 49.3 Å². The summed E-state index contributed by atoms with van der Waals surface area (Å²) in [6.07, 6.45) is 4.33. The van der Waals surface area contributed by atoms with E-state index < -0.39 is 0 Å². The Morgan fingerprint density at radius 3 is 2.72 bits per heavy atom. The summed E-state index contributed by atoms with van der Waals surface area (Å²) in [7, 11) is 0. The van der Waals surface area contributed by atoms with Gasteiger partial charge >= 0.3 is 6.09 Å². The van der Waals surface area contributed by atoms with E-state index in [0.29, 0.717) is 11.6 Å². The normalized spacial score (nSPS) is 22.4. The minimum Gasteiger partial charge on any atom is -0.446 e. The number of nitrogen functional groups attached to an aromatic ring is 1. The number of hydrogen-bond donors (Lipinski definition) is 1. The topological polar surface area (TPSA) is 58.8 Å². The van der Waals surface area contributed by atoms with Gasteiger partial charge in [-0.2, -0.15) is 0 Å². The molecule has 1 saturated carbocycles. The van der Waals surface area contributed by atoms with E-state index in [1.807, 2.05) is 17.9 Å². The molecule has 0 unspecified atom stereocenters. The molecule has 0 bridgehead atoms. The SMILES string of the molecule is Cc1c(N)cc(Cl)cc1CN1CCN(C(=O)OC2CCCC2)[C@@H](C)C1. The van der Waals surface area contributed by atoms with Gasteiger partial charge in [0.2, 0.25) is 0 Å². The number of carbonyl (C=O) groups is 1. The number of nitrogens with two attached hydrogens (primary N) is 1. The first-order chi connectivity index (χ1) is 11.9. The van der Waals surface area contributed by atoms with Crippen molar-refractivity contribution in [1.29, 1.82) is 0 Å². The van der Waals surface area contributed by atoms with Gasteiger partial charge in [0.05, 0.1) is 0 Å². The standard InChI is InChI=1S/C19H28ClN3O2/c1-13-11-22(12-15-9-16(20)10-18(21)14(15)2)7-8-23(13)19(24)25-17-5-3-4-6-17/h9-10,13,17H,3-8,11-12,21H2,1-2H3/t13-/m0/s1. The zero-order chi connectivity index (χ0) is 18.0. The molecule has 1 saturated heterocycles. The molecule has 0 spiro atoms. The van der Waals surface area contributed by atoms with Crippen LogP contribution in [0.25, 0.3) is 0 Å². The van der Waals surface area contributed by atoms with Crippen molar-refractivity contribution in [3.05, 3.63) is 28.3 Å². The van der Waals surface area contributed by atoms with Crippen molar-refractivity contribution in [2.75, 3.05) is 25.4 Å². The lowest BCUT2D eigenvalue weighted by Gasteiger charge is -2.39. The fraction of sp³-hybridized carbons (Fsp3) is 0.632. The molecule has 5 nitrogen and oxygen atoms in total. The molecule has 1 heterocycles. The predicted octanol–water partition coefficient (Wildman–Crippen LogP) is 3.82. The van der Waals surface area contributed by atoms with Crippen LogP contribution < -0.4 is 5.73 Å². The van der Waals surface area contributed by atoms with Crippen LogP contribution in [0.2, 0.25) is 5.02 Å². The molecule has 1 aliphatic carbocycles. The number of nitrogens with zero attached hydrogens (tertiary/aromatic N) is 2. The molecule has 0 aromatic heterocycles. The Kier molecular flexibility index (Phi) is 5.74. The number of halogens is 1. The molecule has 25 heavy (non-hydrogen) atoms. The van der Waals surface area contributed by atoms with Crippen LogP contribution in [0.3, 0.4) is 0 Å². The van der Waals surface area contributed by atoms with Crippen molar-refractivity contribution in [2.45, 2.75) is 58.2 Å². The number of amides is 1. The molecule has 2 fully saturated rings. The Hall–Kier alpha value is -1.46. The Morgan fingerprint density at radius 2 is 2.04 bits per heavy atom. The van der Waals surface area contributed by atoms with Gasteiger partial charge in [-0.3, -0.25) is 4.90 Å². The Morgan fingerprint density at radius 1 is 1.32 bits per heavy atom. The number of rotatable bonds is 3. The average Bonchev–Trinajstić information content (AvgIpc) is 3.05. The molecule has 138 valence electrons. The third kappa shape index (κ3) is 4.39. The average molecular weight is 366 g/mol. The monoisotopic (exact) mass is 365 g/mol. The highest BCUT2D eigenvalue weighted by atomic mass is 35.5. The number of benzene rings is 1. The van der Waals surface area contributed by atoms with Gasteiger partial charge in [-0.05, 0) is 62.8 Å². The van der Waals surface area contributed by atoms with Gasteiger partial charge < -0.3 is 15.4 Å². The first-order valence-electron chi connectivity index (χ1n) is 9.18. The summed E-state index contributed by atoms with van der Waals surface area (Å²) in [6.45, 7) is 7.26. The maximum Gasteiger partial charge on any atom is 0.410 e. The molecule has 1 aliphatic heterocycles. The van der Waals surface area contributed by atoms with Crippen molar-refractivity contribution in [3.8, 4) is 0 Å². The molecular formula is C19H28ClN3O2. The Balaban J connectivity index is 1.57. The smallest absolute Gasteiger partial charge is 0.410 e. The van der Waals surface area contributed by atoms with E-state index in [1.165, 1.54) is 12.8 Å². The lowest BCUT2D eigenvalue weighted by Crippen LogP contribution is -2.54. The molecule has 1 amide bonds. The van der Waals surface area contributed by atoms with E-state index in [2.05, 4.69) is 11.8 Å². The molecule has 1 atom stereocenters. The number of ether oxygens (including phenoxy) is 1. The molecule has 3 rings (SSSR count). The lowest BCUT2D eigenvalue weighted by atomic mass is 10.1. The zero-order valence-electron chi connectivity index (χ0n) is 15.1. The summed E-state index contributed by atoms with van der Waals surface area (Å²) in [5.74, 6) is 0. The summed E-state index contributed by atoms with van der Waals surface area (Å²) in [4.78, 5) is 16.6. The van der Waals surface area contributed by atoms with Gasteiger partial charge in [0.1, 0.15) is 6.10 Å². The van der Waals surface area contributed by atoms with Crippen LogP contribution in [0.15, 0.2) is 12.1 Å². The first-order valence-corrected chi connectivity index (χ1v) is 9.56. The summed E-state index contributed by atoms with van der Waals surface area (Å²) >= 11 is 6.15. The van der Waals surface area contributed by atoms with Crippen molar-refractivity contribution in [1.82, 2.24) is 9.80 Å². The van der Waals surface area contributed by atoms with Crippen LogP contribution in [0, 0.1) is 6.92 Å². The van der Waals surface area contributed by atoms with E-state index in [-0.39, 0.29) is 18.2 Å². The highest BCUT2D eigenvalue weighted by Crippen LogP contribution is 2.25. The van der Waals surface area contributed by atoms with Crippen molar-refractivity contribution in [3.63, 3.8) is 0 Å². The second-order valence-electron chi connectivity index (χ2n) is 7.35. The molecular weight excluding hydrogens is 338 g/mol. The van der Waals surface area contributed by atoms with Gasteiger partial charge in [-0.15, -0.1) is 0 Å². The van der Waals surface area contributed by atoms with Gasteiger partial charge in [-0.25, -0.2) is 4.79 Å². The van der Waals surface area contributed by atoms with Crippen LogP contribution >= 0.6 is 11.6 Å². The second-order valence-corrected chi connectivity index (χ2v) is 7.78. The van der Waals surface area contributed by atoms with E-state index in [1.54, 1.807) is 6.07 Å². The number of carbonyl (C=O) groups excluding carboxylic acids is 1. The van der Waals surface area contributed by atoms with E-state index >= 15 is 0 Å². The van der Waals surface area contributed by atoms with Crippen LogP contribution in [0.5, 0.6) is 0 Å². The molecule has 6 heteroatoms. The van der Waals surface area contributed by atoms with Crippen molar-refractivity contribution in [2.24, 2.45) is 0 Å². The summed E-state index contributed by atoms with van der Waals surface area (Å²) in [5.41, 5.74) is 8.99. The highest BCUT2D eigenvalue weighted by molar-refractivity contribution is 6.31. The fourth-order valence-corrected chi connectivity index (χ4v) is 4.08. The Bertz CT molecular complexity index is 631. The predicted molar refractivity (Wildman–Crippen MR) is 101 cm³/mol. The molecule has 1 aromatic carbocycles. The van der Waals surface area contributed by atoms with Gasteiger partial charge in [0.25, 0.3) is 0 Å². The molecule has 0 radical (unpaired) electrons. The van der Waals surface area contributed by atoms with Crippen LogP contribution in [0.1, 0.15) is 43.7 Å². The first kappa shape index (κ1) is 18.3. The van der Waals surface area contributed by atoms with E-state index in [9.17, 15) is 4.79 Å². The number of anilines is 1. The third-order valence-electron chi connectivity index (χ3n) is 5.43. The van der Waals surface area contributed by atoms with Crippen molar-refractivity contribution < 1.29 is 9.53 Å². The zero-order valence-corrected chi connectivity index (χ0v) is 15.9. The summed E-state index contributed by atoms with van der Waals surface area (Å²) < 4.78 is 5.66. The molecule has 2 aliphatic rings. The highest BCUT2D eigenvalue weighted by Gasteiger charge is 2.30. The fourth-order valence-electron chi connectivity index (χ4n) is 3.83. The maximum atomic E-state index is 12.4. The maximum absolute atomic E-state index is 12.4. The van der Waals surface area contributed by atoms with Crippen LogP contribution in [-0.4, -0.2) is 47.7 Å². The van der Waals surface area contributed by atoms with Crippen LogP contribution in [0.4, 0.5) is 10.5 Å². The van der Waals surface area contributed by atoms with Gasteiger partial charge in [-0.1, -0.05) is 11.6 Å². The largest absolute Gasteiger partial charge is 0.446 e. The molecule has 1 aromatic rings. The van der Waals surface area contributed by atoms with Crippen LogP contribution in [-0.2, 0) is 11.3 Å². The minimum absolute atomic E-state index is 0.120. The molecule has 2 N–H and O–H groups in total. The summed E-state index contributed by atoms with van der Waals surface area (Å²) in [6, 6.07) is 3.91. The number of hydrogen-bond acceptors (Lipinski definition) is 4. The van der Waals surface area contributed by atoms with E-state index in [4.69, 9.17) is 22.1 Å². The third-order valence-corrected chi connectivity index (χ3v) is 5.65. The lowest BCUT2D eigenvalue weighted by molar-refractivity contribution is 0.0281. The minimum atomic E-state index is -0.151. The number of piperazine rings is 1.